The molecule has 5 nitrogen and oxygen atoms in total. The zero-order valence-corrected chi connectivity index (χ0v) is 15.2. The van der Waals surface area contributed by atoms with Gasteiger partial charge in [-0.3, -0.25) is 4.79 Å². The molecule has 4 aromatic rings. The van der Waals surface area contributed by atoms with Gasteiger partial charge in [0, 0.05) is 11.9 Å². The number of anilines is 1. The zero-order chi connectivity index (χ0) is 18.3. The number of benzene rings is 2. The van der Waals surface area contributed by atoms with Gasteiger partial charge < -0.3 is 5.32 Å². The molecule has 2 aromatic heterocycles. The monoisotopic (exact) mass is 364 g/mol. The lowest BCUT2D eigenvalue weighted by Crippen LogP contribution is -2.13. The van der Waals surface area contributed by atoms with Crippen LogP contribution in [0.5, 0.6) is 0 Å². The van der Waals surface area contributed by atoms with Crippen LogP contribution >= 0.6 is 11.6 Å². The molecule has 0 aliphatic rings. The SMILES string of the molecule is CCn1nc(NC(=O)c2ccccc2Cl)c2cc3cccc(C)c3nc21. The number of para-hydroxylation sites is 1. The molecule has 0 unspecified atom stereocenters. The van der Waals surface area contributed by atoms with Crippen molar-refractivity contribution in [3.05, 3.63) is 64.7 Å². The van der Waals surface area contributed by atoms with E-state index < -0.39 is 0 Å². The molecule has 1 N–H and O–H groups in total. The Kier molecular flexibility index (Phi) is 4.09. The van der Waals surface area contributed by atoms with Gasteiger partial charge in [0.2, 0.25) is 0 Å². The highest BCUT2D eigenvalue weighted by atomic mass is 35.5. The van der Waals surface area contributed by atoms with Gasteiger partial charge in [0.1, 0.15) is 0 Å². The second-order valence-electron chi connectivity index (χ2n) is 6.10. The fourth-order valence-corrected chi connectivity index (χ4v) is 3.28. The van der Waals surface area contributed by atoms with Crippen molar-refractivity contribution in [3.8, 4) is 0 Å². The predicted octanol–water partition coefficient (Wildman–Crippen LogP) is 4.82. The van der Waals surface area contributed by atoms with Crippen LogP contribution in [-0.2, 0) is 6.54 Å². The molecule has 2 aromatic carbocycles. The molecule has 0 radical (unpaired) electrons. The first kappa shape index (κ1) is 16.5. The van der Waals surface area contributed by atoms with Crippen molar-refractivity contribution in [3.63, 3.8) is 0 Å². The Hall–Kier alpha value is -2.92. The highest BCUT2D eigenvalue weighted by molar-refractivity contribution is 6.34. The van der Waals surface area contributed by atoms with Crippen LogP contribution in [-0.4, -0.2) is 20.7 Å². The molecule has 0 saturated heterocycles. The number of nitrogens with zero attached hydrogens (tertiary/aromatic N) is 3. The molecule has 0 bridgehead atoms. The van der Waals surface area contributed by atoms with Crippen LogP contribution in [0.25, 0.3) is 21.9 Å². The van der Waals surface area contributed by atoms with E-state index in [4.69, 9.17) is 16.6 Å². The number of aromatic nitrogens is 3. The maximum absolute atomic E-state index is 12.6. The first-order valence-corrected chi connectivity index (χ1v) is 8.79. The fraction of sp³-hybridized carbons (Fsp3) is 0.150. The van der Waals surface area contributed by atoms with E-state index >= 15 is 0 Å². The van der Waals surface area contributed by atoms with Gasteiger partial charge in [0.15, 0.2) is 11.5 Å². The Morgan fingerprint density at radius 2 is 2.00 bits per heavy atom. The molecule has 0 aliphatic heterocycles. The normalized spacial score (nSPS) is 11.2. The first-order chi connectivity index (χ1) is 12.6. The van der Waals surface area contributed by atoms with E-state index in [0.29, 0.717) is 22.9 Å². The number of rotatable bonds is 3. The fourth-order valence-electron chi connectivity index (χ4n) is 3.06. The van der Waals surface area contributed by atoms with Crippen molar-refractivity contribution < 1.29 is 4.79 Å². The first-order valence-electron chi connectivity index (χ1n) is 8.41. The van der Waals surface area contributed by atoms with E-state index in [-0.39, 0.29) is 5.91 Å². The van der Waals surface area contributed by atoms with Gasteiger partial charge in [0.05, 0.1) is 21.5 Å². The molecule has 0 fully saturated rings. The summed E-state index contributed by atoms with van der Waals surface area (Å²) < 4.78 is 1.80. The second-order valence-corrected chi connectivity index (χ2v) is 6.51. The Balaban J connectivity index is 1.85. The third-order valence-electron chi connectivity index (χ3n) is 4.40. The number of pyridine rings is 1. The van der Waals surface area contributed by atoms with E-state index in [0.717, 1.165) is 27.5 Å². The molecule has 4 rings (SSSR count). The smallest absolute Gasteiger partial charge is 0.258 e. The molecule has 6 heteroatoms. The molecular weight excluding hydrogens is 348 g/mol. The maximum Gasteiger partial charge on any atom is 0.258 e. The van der Waals surface area contributed by atoms with E-state index in [2.05, 4.69) is 10.4 Å². The van der Waals surface area contributed by atoms with E-state index in [1.807, 2.05) is 38.1 Å². The van der Waals surface area contributed by atoms with Crippen LogP contribution < -0.4 is 5.32 Å². The van der Waals surface area contributed by atoms with E-state index in [1.54, 1.807) is 28.9 Å². The van der Waals surface area contributed by atoms with E-state index in [1.165, 1.54) is 0 Å². The van der Waals surface area contributed by atoms with Gasteiger partial charge in [-0.05, 0) is 37.6 Å². The van der Waals surface area contributed by atoms with Crippen LogP contribution in [0.1, 0.15) is 22.8 Å². The highest BCUT2D eigenvalue weighted by Gasteiger charge is 2.17. The number of hydrogen-bond donors (Lipinski definition) is 1. The summed E-state index contributed by atoms with van der Waals surface area (Å²) in [5, 5.41) is 9.65. The summed E-state index contributed by atoms with van der Waals surface area (Å²) in [6.07, 6.45) is 0. The number of aryl methyl sites for hydroxylation is 2. The summed E-state index contributed by atoms with van der Waals surface area (Å²) >= 11 is 6.13. The lowest BCUT2D eigenvalue weighted by atomic mass is 10.1. The van der Waals surface area contributed by atoms with Gasteiger partial charge in [-0.15, -0.1) is 0 Å². The van der Waals surface area contributed by atoms with Crippen molar-refractivity contribution >= 4 is 45.3 Å². The lowest BCUT2D eigenvalue weighted by Gasteiger charge is -2.05. The molecule has 1 amide bonds. The van der Waals surface area contributed by atoms with Gasteiger partial charge >= 0.3 is 0 Å². The average molecular weight is 365 g/mol. The van der Waals surface area contributed by atoms with Crippen LogP contribution in [0, 0.1) is 6.92 Å². The quantitative estimate of drug-likeness (QED) is 0.567. The minimum absolute atomic E-state index is 0.289. The van der Waals surface area contributed by atoms with Crippen molar-refractivity contribution in [2.24, 2.45) is 0 Å². The summed E-state index contributed by atoms with van der Waals surface area (Å²) in [4.78, 5) is 17.4. The zero-order valence-electron chi connectivity index (χ0n) is 14.5. The number of fused-ring (bicyclic) bond motifs is 2. The van der Waals surface area contributed by atoms with Crippen molar-refractivity contribution in [2.45, 2.75) is 20.4 Å². The van der Waals surface area contributed by atoms with Crippen LogP contribution in [0.3, 0.4) is 0 Å². The Morgan fingerprint density at radius 3 is 2.77 bits per heavy atom. The average Bonchev–Trinajstić information content (AvgIpc) is 2.98. The summed E-state index contributed by atoms with van der Waals surface area (Å²) in [6, 6.07) is 15.0. The molecule has 0 spiro atoms. The summed E-state index contributed by atoms with van der Waals surface area (Å²) in [6.45, 7) is 4.69. The van der Waals surface area contributed by atoms with Crippen LogP contribution in [0.4, 0.5) is 5.82 Å². The summed E-state index contributed by atoms with van der Waals surface area (Å²) in [7, 11) is 0. The third kappa shape index (κ3) is 2.70. The molecule has 26 heavy (non-hydrogen) atoms. The van der Waals surface area contributed by atoms with Crippen molar-refractivity contribution in [1.82, 2.24) is 14.8 Å². The Morgan fingerprint density at radius 1 is 1.19 bits per heavy atom. The molecule has 0 aliphatic carbocycles. The Labute approximate surface area is 155 Å². The Bertz CT molecular complexity index is 1150. The molecule has 0 atom stereocenters. The highest BCUT2D eigenvalue weighted by Crippen LogP contribution is 2.28. The number of nitrogens with one attached hydrogen (secondary N) is 1. The molecule has 130 valence electrons. The molecule has 2 heterocycles. The number of carbonyl (C=O) groups is 1. The van der Waals surface area contributed by atoms with Crippen LogP contribution in [0.15, 0.2) is 48.5 Å². The standard InChI is InChI=1S/C20H17ClN4O/c1-3-25-19-15(11-13-8-6-7-12(2)17(13)22-19)18(24-25)23-20(26)14-9-4-5-10-16(14)21/h4-11H,3H2,1-2H3,(H,23,24,26). The molecule has 0 saturated carbocycles. The van der Waals surface area contributed by atoms with E-state index in [9.17, 15) is 4.79 Å². The molecular formula is C20H17ClN4O. The van der Waals surface area contributed by atoms with Gasteiger partial charge in [-0.25, -0.2) is 9.67 Å². The number of hydrogen-bond acceptors (Lipinski definition) is 3. The minimum atomic E-state index is -0.289. The number of halogens is 1. The lowest BCUT2D eigenvalue weighted by molar-refractivity contribution is 0.102. The van der Waals surface area contributed by atoms with Gasteiger partial charge in [-0.1, -0.05) is 41.9 Å². The summed E-state index contributed by atoms with van der Waals surface area (Å²) in [5.41, 5.74) is 3.22. The van der Waals surface area contributed by atoms with Crippen LogP contribution in [0.2, 0.25) is 5.02 Å². The predicted molar refractivity (Wildman–Crippen MR) is 105 cm³/mol. The minimum Gasteiger partial charge on any atom is -0.304 e. The second kappa shape index (κ2) is 6.42. The number of amides is 1. The van der Waals surface area contributed by atoms with Gasteiger partial charge in [0.25, 0.3) is 5.91 Å². The van der Waals surface area contributed by atoms with Crippen molar-refractivity contribution in [1.29, 1.82) is 0 Å². The topological polar surface area (TPSA) is 59.8 Å². The van der Waals surface area contributed by atoms with Crippen molar-refractivity contribution in [2.75, 3.05) is 5.32 Å². The largest absolute Gasteiger partial charge is 0.304 e. The number of carbonyl (C=O) groups excluding carboxylic acids is 1. The summed E-state index contributed by atoms with van der Waals surface area (Å²) in [5.74, 6) is 0.199. The maximum atomic E-state index is 12.6. The van der Waals surface area contributed by atoms with Gasteiger partial charge in [-0.2, -0.15) is 5.10 Å². The third-order valence-corrected chi connectivity index (χ3v) is 4.73.